The average molecular weight is 369 g/mol. The van der Waals surface area contributed by atoms with Crippen LogP contribution < -0.4 is 10.9 Å². The molecule has 1 unspecified atom stereocenters. The predicted molar refractivity (Wildman–Crippen MR) is 98.3 cm³/mol. The van der Waals surface area contributed by atoms with Crippen molar-refractivity contribution >= 4 is 6.03 Å². The fourth-order valence-corrected chi connectivity index (χ4v) is 3.51. The van der Waals surface area contributed by atoms with E-state index in [-0.39, 0.29) is 17.7 Å². The first-order chi connectivity index (χ1) is 13.2. The molecule has 1 N–H and O–H groups in total. The van der Waals surface area contributed by atoms with Crippen LogP contribution in [0.5, 0.6) is 0 Å². The molecule has 4 heterocycles. The molecule has 2 aliphatic rings. The van der Waals surface area contributed by atoms with Gasteiger partial charge in [-0.15, -0.1) is 0 Å². The molecule has 1 fully saturated rings. The Bertz CT molecular complexity index is 861. The van der Waals surface area contributed by atoms with Crippen LogP contribution in [0.4, 0.5) is 4.79 Å². The zero-order valence-corrected chi connectivity index (χ0v) is 15.1. The zero-order valence-electron chi connectivity index (χ0n) is 15.1. The van der Waals surface area contributed by atoms with Crippen molar-refractivity contribution in [2.24, 2.45) is 0 Å². The van der Waals surface area contributed by atoms with Crippen molar-refractivity contribution in [3.8, 4) is 0 Å². The van der Waals surface area contributed by atoms with Crippen molar-refractivity contribution in [3.05, 3.63) is 57.8 Å². The number of fused-ring (bicyclic) bond motifs is 1. The molecule has 0 aromatic carbocycles. The number of urea groups is 1. The summed E-state index contributed by atoms with van der Waals surface area (Å²) in [5, 5.41) is 7.44. The van der Waals surface area contributed by atoms with Gasteiger partial charge in [-0.05, 0) is 24.5 Å². The number of amides is 2. The van der Waals surface area contributed by atoms with E-state index in [0.29, 0.717) is 32.6 Å². The van der Waals surface area contributed by atoms with Gasteiger partial charge in [0, 0.05) is 56.7 Å². The topological polar surface area (TPSA) is 89.3 Å². The summed E-state index contributed by atoms with van der Waals surface area (Å²) in [6.45, 7) is 2.69. The second-order valence-electron chi connectivity index (χ2n) is 6.97. The van der Waals surface area contributed by atoms with Crippen molar-refractivity contribution in [2.45, 2.75) is 38.5 Å². The van der Waals surface area contributed by atoms with E-state index in [9.17, 15) is 9.59 Å². The van der Waals surface area contributed by atoms with E-state index in [0.717, 1.165) is 36.3 Å². The van der Waals surface area contributed by atoms with Crippen molar-refractivity contribution < 1.29 is 9.53 Å². The van der Waals surface area contributed by atoms with Gasteiger partial charge in [-0.1, -0.05) is 6.07 Å². The summed E-state index contributed by atoms with van der Waals surface area (Å²) >= 11 is 0. The number of rotatable bonds is 4. The maximum Gasteiger partial charge on any atom is 0.317 e. The number of nitrogens with one attached hydrogen (secondary N) is 1. The molecule has 1 atom stereocenters. The van der Waals surface area contributed by atoms with Crippen LogP contribution in [0.15, 0.2) is 35.4 Å². The van der Waals surface area contributed by atoms with Crippen LogP contribution >= 0.6 is 0 Å². The molecule has 0 spiro atoms. The van der Waals surface area contributed by atoms with Gasteiger partial charge in [0.15, 0.2) is 0 Å². The van der Waals surface area contributed by atoms with Gasteiger partial charge < -0.3 is 15.0 Å². The lowest BCUT2D eigenvalue weighted by Crippen LogP contribution is -2.45. The summed E-state index contributed by atoms with van der Waals surface area (Å²) in [5.74, 6) is 0. The van der Waals surface area contributed by atoms with E-state index in [1.165, 1.54) is 4.68 Å². The number of carbonyl (C=O) groups is 1. The normalized spacial score (nSPS) is 19.0. The third kappa shape index (κ3) is 4.16. The summed E-state index contributed by atoms with van der Waals surface area (Å²) in [6.07, 6.45) is 6.22. The van der Waals surface area contributed by atoms with E-state index in [2.05, 4.69) is 15.4 Å². The van der Waals surface area contributed by atoms with Gasteiger partial charge in [-0.3, -0.25) is 9.78 Å². The van der Waals surface area contributed by atoms with E-state index in [4.69, 9.17) is 4.74 Å². The Labute approximate surface area is 157 Å². The van der Waals surface area contributed by atoms with Crippen LogP contribution in [0.25, 0.3) is 0 Å². The molecule has 0 aliphatic carbocycles. The van der Waals surface area contributed by atoms with E-state index < -0.39 is 0 Å². The fourth-order valence-electron chi connectivity index (χ4n) is 3.51. The SMILES string of the molecule is O=C(NCC1CCCO1)N1CCc2nn(Cc3cccnc3)c(=O)cc2C1. The van der Waals surface area contributed by atoms with Gasteiger partial charge >= 0.3 is 6.03 Å². The van der Waals surface area contributed by atoms with Crippen molar-refractivity contribution in [2.75, 3.05) is 19.7 Å². The second kappa shape index (κ2) is 7.87. The molecule has 0 radical (unpaired) electrons. The molecule has 2 aromatic rings. The highest BCUT2D eigenvalue weighted by Gasteiger charge is 2.24. The Balaban J connectivity index is 1.41. The Morgan fingerprint density at radius 1 is 1.41 bits per heavy atom. The van der Waals surface area contributed by atoms with Crippen LogP contribution in [-0.4, -0.2) is 51.5 Å². The van der Waals surface area contributed by atoms with E-state index in [1.807, 2.05) is 12.1 Å². The van der Waals surface area contributed by atoms with Gasteiger partial charge in [-0.25, -0.2) is 9.48 Å². The fraction of sp³-hybridized carbons (Fsp3) is 0.474. The Hall–Kier alpha value is -2.74. The quantitative estimate of drug-likeness (QED) is 0.866. The molecule has 8 heteroatoms. The molecule has 142 valence electrons. The summed E-state index contributed by atoms with van der Waals surface area (Å²) in [4.78, 5) is 30.6. The molecule has 2 aromatic heterocycles. The summed E-state index contributed by atoms with van der Waals surface area (Å²) in [6, 6.07) is 5.24. The molecule has 2 amide bonds. The number of carbonyl (C=O) groups excluding carboxylic acids is 1. The first kappa shape index (κ1) is 17.7. The first-order valence-electron chi connectivity index (χ1n) is 9.32. The number of ether oxygens (including phenoxy) is 1. The van der Waals surface area contributed by atoms with Crippen LogP contribution in [-0.2, 0) is 24.2 Å². The third-order valence-corrected chi connectivity index (χ3v) is 4.99. The highest BCUT2D eigenvalue weighted by molar-refractivity contribution is 5.74. The smallest absolute Gasteiger partial charge is 0.317 e. The standard InChI is InChI=1S/C19H23N5O3/c25-18-9-15-13-23(19(26)21-11-16-4-2-8-27-16)7-5-17(15)22-24(18)12-14-3-1-6-20-10-14/h1,3,6,9-10,16H,2,4-5,7-8,11-13H2,(H,21,26). The van der Waals surface area contributed by atoms with Crippen LogP contribution in [0.1, 0.15) is 29.7 Å². The minimum absolute atomic E-state index is 0.115. The Morgan fingerprint density at radius 2 is 2.33 bits per heavy atom. The van der Waals surface area contributed by atoms with Gasteiger partial charge in [0.25, 0.3) is 5.56 Å². The molecule has 27 heavy (non-hydrogen) atoms. The second-order valence-corrected chi connectivity index (χ2v) is 6.97. The molecular weight excluding hydrogens is 346 g/mol. The molecule has 1 saturated heterocycles. The van der Waals surface area contributed by atoms with Gasteiger partial charge in [0.05, 0.1) is 18.3 Å². The Kier molecular flexibility index (Phi) is 5.15. The maximum atomic E-state index is 12.4. The molecule has 4 rings (SSSR count). The van der Waals surface area contributed by atoms with Gasteiger partial charge in [0.1, 0.15) is 0 Å². The summed E-state index contributed by atoms with van der Waals surface area (Å²) in [5.41, 5.74) is 2.46. The Morgan fingerprint density at radius 3 is 3.11 bits per heavy atom. The number of aromatic nitrogens is 3. The molecule has 2 aliphatic heterocycles. The maximum absolute atomic E-state index is 12.4. The monoisotopic (exact) mass is 369 g/mol. The largest absolute Gasteiger partial charge is 0.376 e. The van der Waals surface area contributed by atoms with Crippen molar-refractivity contribution in [1.82, 2.24) is 25.0 Å². The van der Waals surface area contributed by atoms with Crippen LogP contribution in [0, 0.1) is 0 Å². The average Bonchev–Trinajstić information content (AvgIpc) is 3.21. The predicted octanol–water partition coefficient (Wildman–Crippen LogP) is 0.933. The van der Waals surface area contributed by atoms with E-state index in [1.54, 1.807) is 23.4 Å². The highest BCUT2D eigenvalue weighted by atomic mass is 16.5. The number of hydrogen-bond donors (Lipinski definition) is 1. The number of pyridine rings is 1. The number of hydrogen-bond acceptors (Lipinski definition) is 5. The lowest BCUT2D eigenvalue weighted by molar-refractivity contribution is 0.108. The first-order valence-corrected chi connectivity index (χ1v) is 9.32. The zero-order chi connectivity index (χ0) is 18.6. The van der Waals surface area contributed by atoms with Gasteiger partial charge in [0.2, 0.25) is 0 Å². The van der Waals surface area contributed by atoms with Crippen LogP contribution in [0.3, 0.4) is 0 Å². The summed E-state index contributed by atoms with van der Waals surface area (Å²) in [7, 11) is 0. The summed E-state index contributed by atoms with van der Waals surface area (Å²) < 4.78 is 6.99. The molecule has 0 saturated carbocycles. The molecule has 8 nitrogen and oxygen atoms in total. The molecular formula is C19H23N5O3. The lowest BCUT2D eigenvalue weighted by Gasteiger charge is -2.29. The van der Waals surface area contributed by atoms with Crippen molar-refractivity contribution in [3.63, 3.8) is 0 Å². The van der Waals surface area contributed by atoms with Crippen molar-refractivity contribution in [1.29, 1.82) is 0 Å². The third-order valence-electron chi connectivity index (χ3n) is 4.99. The van der Waals surface area contributed by atoms with Crippen LogP contribution in [0.2, 0.25) is 0 Å². The van der Waals surface area contributed by atoms with E-state index >= 15 is 0 Å². The van der Waals surface area contributed by atoms with Gasteiger partial charge in [-0.2, -0.15) is 5.10 Å². The molecule has 0 bridgehead atoms. The highest BCUT2D eigenvalue weighted by Crippen LogP contribution is 2.16. The minimum Gasteiger partial charge on any atom is -0.376 e. The lowest BCUT2D eigenvalue weighted by atomic mass is 10.1. The minimum atomic E-state index is -0.167. The number of nitrogens with zero attached hydrogens (tertiary/aromatic N) is 4.